The molecule has 0 atom stereocenters. The number of benzene rings is 5. The van der Waals surface area contributed by atoms with Crippen molar-refractivity contribution in [2.75, 3.05) is 0 Å². The van der Waals surface area contributed by atoms with Gasteiger partial charge in [-0.1, -0.05) is 102 Å². The third kappa shape index (κ3) is 5.13. The van der Waals surface area contributed by atoms with Gasteiger partial charge in [0.25, 0.3) is 0 Å². The molecule has 0 spiro atoms. The van der Waals surface area contributed by atoms with Gasteiger partial charge < -0.3 is 4.74 Å². The minimum atomic E-state index is -0.846. The molecular weight excluding hydrogens is 609 g/mol. The zero-order chi connectivity index (χ0) is 34.6. The third-order valence-corrected chi connectivity index (χ3v) is 10.2. The van der Waals surface area contributed by atoms with Gasteiger partial charge in [0.05, 0.1) is 17.1 Å². The maximum Gasteiger partial charge on any atom is 0.132 e. The van der Waals surface area contributed by atoms with E-state index >= 15 is 0 Å². The van der Waals surface area contributed by atoms with Crippen molar-refractivity contribution in [3.63, 3.8) is 0 Å². The Kier molecular flexibility index (Phi) is 7.72. The van der Waals surface area contributed by atoms with Gasteiger partial charge in [-0.25, -0.2) is 0 Å². The van der Waals surface area contributed by atoms with Gasteiger partial charge in [0.15, 0.2) is 0 Å². The fourth-order valence-electron chi connectivity index (χ4n) is 8.36. The van der Waals surface area contributed by atoms with Crippen LogP contribution in [0.1, 0.15) is 55.9 Å². The predicted molar refractivity (Wildman–Crippen MR) is 205 cm³/mol. The van der Waals surface area contributed by atoms with E-state index in [0.717, 1.165) is 56.4 Å². The first-order valence-corrected chi connectivity index (χ1v) is 17.3. The van der Waals surface area contributed by atoms with Crippen molar-refractivity contribution < 1.29 is 4.74 Å². The van der Waals surface area contributed by atoms with Crippen molar-refractivity contribution in [1.82, 2.24) is 9.97 Å². The fourth-order valence-corrected chi connectivity index (χ4v) is 8.36. The van der Waals surface area contributed by atoms with Gasteiger partial charge >= 0.3 is 0 Å². The first kappa shape index (κ1) is 31.5. The van der Waals surface area contributed by atoms with E-state index in [-0.39, 0.29) is 0 Å². The summed E-state index contributed by atoms with van der Waals surface area (Å²) in [6, 6.07) is 45.3. The Balaban J connectivity index is 1.45. The highest BCUT2D eigenvalue weighted by Gasteiger charge is 2.48. The first-order valence-electron chi connectivity index (χ1n) is 17.3. The number of aromatic nitrogens is 2. The molecule has 244 valence electrons. The second-order valence-corrected chi connectivity index (χ2v) is 13.8. The smallest absolute Gasteiger partial charge is 0.132 e. The van der Waals surface area contributed by atoms with Crippen molar-refractivity contribution in [3.05, 3.63) is 189 Å². The lowest BCUT2D eigenvalue weighted by atomic mass is 9.66. The van der Waals surface area contributed by atoms with E-state index < -0.39 is 5.41 Å². The molecule has 0 saturated carbocycles. The summed E-state index contributed by atoms with van der Waals surface area (Å²) in [4.78, 5) is 10.5. The van der Waals surface area contributed by atoms with E-state index in [1.807, 2.05) is 18.3 Å². The lowest BCUT2D eigenvalue weighted by molar-refractivity contribution is 0.430. The number of fused-ring (bicyclic) bond motifs is 2. The number of aryl methyl sites for hydroxylation is 6. The molecule has 0 bridgehead atoms. The van der Waals surface area contributed by atoms with Crippen LogP contribution in [-0.4, -0.2) is 9.97 Å². The van der Waals surface area contributed by atoms with Gasteiger partial charge in [-0.2, -0.15) is 0 Å². The normalized spacial score (nSPS) is 12.9. The number of nitrogens with zero attached hydrogens (tertiary/aromatic N) is 2. The van der Waals surface area contributed by atoms with E-state index in [1.54, 1.807) is 0 Å². The molecule has 3 heterocycles. The van der Waals surface area contributed by atoms with Crippen LogP contribution in [0, 0.1) is 41.5 Å². The second-order valence-electron chi connectivity index (χ2n) is 13.8. The number of hydrogen-bond donors (Lipinski definition) is 0. The summed E-state index contributed by atoms with van der Waals surface area (Å²) < 4.78 is 7.07. The Labute approximate surface area is 295 Å². The van der Waals surface area contributed by atoms with Crippen LogP contribution in [0.25, 0.3) is 33.5 Å². The molecule has 0 radical (unpaired) electrons. The summed E-state index contributed by atoms with van der Waals surface area (Å²) in [5.74, 6) is 1.61. The van der Waals surface area contributed by atoms with Crippen LogP contribution >= 0.6 is 0 Å². The summed E-state index contributed by atoms with van der Waals surface area (Å²) in [7, 11) is 0. The molecule has 0 N–H and O–H groups in total. The van der Waals surface area contributed by atoms with Crippen molar-refractivity contribution in [2.45, 2.75) is 47.0 Å². The number of ether oxygens (including phenoxy) is 1. The zero-order valence-corrected chi connectivity index (χ0v) is 29.5. The van der Waals surface area contributed by atoms with Crippen molar-refractivity contribution >= 4 is 0 Å². The topological polar surface area (TPSA) is 35.0 Å². The molecule has 1 aliphatic heterocycles. The molecule has 3 nitrogen and oxygen atoms in total. The van der Waals surface area contributed by atoms with E-state index in [0.29, 0.717) is 0 Å². The molecule has 2 aromatic heterocycles. The monoisotopic (exact) mass is 648 g/mol. The Bertz CT molecular complexity index is 2260. The van der Waals surface area contributed by atoms with Crippen LogP contribution in [0.15, 0.2) is 134 Å². The van der Waals surface area contributed by atoms with Crippen LogP contribution in [-0.2, 0) is 5.41 Å². The van der Waals surface area contributed by atoms with E-state index in [4.69, 9.17) is 14.7 Å². The molecule has 5 aromatic carbocycles. The average Bonchev–Trinajstić information content (AvgIpc) is 3.10. The van der Waals surface area contributed by atoms with Gasteiger partial charge in [-0.05, 0) is 122 Å². The van der Waals surface area contributed by atoms with Crippen molar-refractivity contribution in [1.29, 1.82) is 0 Å². The van der Waals surface area contributed by atoms with Gasteiger partial charge in [0.1, 0.15) is 16.9 Å². The van der Waals surface area contributed by atoms with Crippen LogP contribution in [0.4, 0.5) is 0 Å². The molecule has 0 saturated heterocycles. The molecule has 3 heteroatoms. The maximum absolute atomic E-state index is 7.07. The Hall–Kier alpha value is -5.80. The van der Waals surface area contributed by atoms with Crippen LogP contribution in [0.3, 0.4) is 0 Å². The highest BCUT2D eigenvalue weighted by Crippen LogP contribution is 2.56. The molecule has 0 fully saturated rings. The Morgan fingerprint density at radius 1 is 0.460 bits per heavy atom. The van der Waals surface area contributed by atoms with Crippen molar-refractivity contribution in [2.24, 2.45) is 0 Å². The fraction of sp³-hybridized carbons (Fsp3) is 0.149. The molecule has 50 heavy (non-hydrogen) atoms. The van der Waals surface area contributed by atoms with Crippen LogP contribution < -0.4 is 4.74 Å². The lowest BCUT2D eigenvalue weighted by Crippen LogP contribution is -2.36. The summed E-state index contributed by atoms with van der Waals surface area (Å²) in [5, 5.41) is 0. The highest BCUT2D eigenvalue weighted by molar-refractivity contribution is 5.79. The average molecular weight is 649 g/mol. The third-order valence-electron chi connectivity index (χ3n) is 10.2. The zero-order valence-electron chi connectivity index (χ0n) is 29.5. The highest BCUT2D eigenvalue weighted by atomic mass is 16.5. The minimum Gasteiger partial charge on any atom is -0.457 e. The predicted octanol–water partition coefficient (Wildman–Crippen LogP) is 11.8. The first-order chi connectivity index (χ1) is 24.2. The summed E-state index contributed by atoms with van der Waals surface area (Å²) in [6.07, 6.45) is 1.88. The standard InChI is InChI=1S/C47H40N2O/c1-29-23-31(3)45(32(4)24-29)36-18-20-38-41(27-36)50-42-28-37(46-33(5)25-30(2)26-34(46)6)19-21-39(42)47(38,43-16-10-11-22-48-43)44-17-12-15-40(49-44)35-13-8-7-9-14-35/h7-28H,1-6H3. The SMILES string of the molecule is Cc1cc(C)c(-c2ccc3c(c2)Oc2cc(-c4c(C)cc(C)cc4C)ccc2C3(c2ccccn2)c2cccc(-c3ccccc3)n2)c(C)c1. The van der Waals surface area contributed by atoms with E-state index in [9.17, 15) is 0 Å². The molecule has 1 aliphatic rings. The van der Waals surface area contributed by atoms with E-state index in [1.165, 1.54) is 44.5 Å². The maximum atomic E-state index is 7.07. The minimum absolute atomic E-state index is 0.807. The van der Waals surface area contributed by atoms with E-state index in [2.05, 4.69) is 157 Å². The van der Waals surface area contributed by atoms with Gasteiger partial charge in [0, 0.05) is 22.9 Å². The Morgan fingerprint density at radius 3 is 1.50 bits per heavy atom. The number of hydrogen-bond acceptors (Lipinski definition) is 3. The molecule has 0 amide bonds. The Morgan fingerprint density at radius 2 is 0.980 bits per heavy atom. The lowest BCUT2D eigenvalue weighted by Gasteiger charge is -2.40. The molecule has 7 aromatic rings. The molecular formula is C47H40N2O. The van der Waals surface area contributed by atoms with Gasteiger partial charge in [-0.15, -0.1) is 0 Å². The molecule has 8 rings (SSSR count). The summed E-state index contributed by atoms with van der Waals surface area (Å²) >= 11 is 0. The summed E-state index contributed by atoms with van der Waals surface area (Å²) in [5.41, 5.74) is 17.2. The molecule has 0 aliphatic carbocycles. The molecule has 0 unspecified atom stereocenters. The second kappa shape index (κ2) is 12.3. The van der Waals surface area contributed by atoms with Crippen molar-refractivity contribution in [3.8, 4) is 45.0 Å². The number of rotatable bonds is 5. The quantitative estimate of drug-likeness (QED) is 0.186. The van der Waals surface area contributed by atoms with Gasteiger partial charge in [0.2, 0.25) is 0 Å². The van der Waals surface area contributed by atoms with Gasteiger partial charge in [-0.3, -0.25) is 9.97 Å². The van der Waals surface area contributed by atoms with Crippen LogP contribution in [0.2, 0.25) is 0 Å². The largest absolute Gasteiger partial charge is 0.457 e. The van der Waals surface area contributed by atoms with Crippen LogP contribution in [0.5, 0.6) is 11.5 Å². The number of pyridine rings is 2. The summed E-state index contributed by atoms with van der Waals surface area (Å²) in [6.45, 7) is 13.1.